The van der Waals surface area contributed by atoms with Crippen molar-refractivity contribution in [2.75, 3.05) is 6.54 Å². The number of nitrogens with zero attached hydrogens (tertiary/aromatic N) is 1. The number of aryl methyl sites for hydroxylation is 1. The SMILES string of the molecule is Cc1ccc([N+](=O)[O-])cc1S(=O)(=O)NCC(O)c1cccc2ccccc12. The van der Waals surface area contributed by atoms with Crippen LogP contribution in [-0.4, -0.2) is 25.0 Å². The van der Waals surface area contributed by atoms with Gasteiger partial charge in [0.05, 0.1) is 15.9 Å². The highest BCUT2D eigenvalue weighted by atomic mass is 32.2. The summed E-state index contributed by atoms with van der Waals surface area (Å²) in [4.78, 5) is 10.1. The molecule has 0 fully saturated rings. The van der Waals surface area contributed by atoms with Crippen molar-refractivity contribution >= 4 is 26.5 Å². The Morgan fingerprint density at radius 3 is 2.56 bits per heavy atom. The molecule has 3 aromatic rings. The molecule has 0 aliphatic carbocycles. The first-order valence-electron chi connectivity index (χ1n) is 8.20. The Labute approximate surface area is 156 Å². The van der Waals surface area contributed by atoms with Crippen molar-refractivity contribution < 1.29 is 18.4 Å². The number of sulfonamides is 1. The Bertz CT molecular complexity index is 1110. The number of nitro benzene ring substituents is 1. The van der Waals surface area contributed by atoms with Crippen molar-refractivity contribution in [2.24, 2.45) is 0 Å². The minimum Gasteiger partial charge on any atom is -0.387 e. The first kappa shape index (κ1) is 19.0. The minimum atomic E-state index is -4.02. The van der Waals surface area contributed by atoms with Gasteiger partial charge in [-0.25, -0.2) is 13.1 Å². The van der Waals surface area contributed by atoms with Gasteiger partial charge in [-0.1, -0.05) is 48.5 Å². The van der Waals surface area contributed by atoms with Crippen LogP contribution in [0, 0.1) is 17.0 Å². The highest BCUT2D eigenvalue weighted by Gasteiger charge is 2.22. The van der Waals surface area contributed by atoms with Crippen molar-refractivity contribution in [3.8, 4) is 0 Å². The molecular formula is C19H18N2O5S. The van der Waals surface area contributed by atoms with E-state index in [9.17, 15) is 23.6 Å². The number of nitrogens with one attached hydrogen (secondary N) is 1. The van der Waals surface area contributed by atoms with E-state index in [4.69, 9.17) is 0 Å². The summed E-state index contributed by atoms with van der Waals surface area (Å²) in [6.07, 6.45) is -1.06. The molecule has 0 spiro atoms. The van der Waals surface area contributed by atoms with Gasteiger partial charge in [-0.3, -0.25) is 10.1 Å². The highest BCUT2D eigenvalue weighted by Crippen LogP contribution is 2.25. The lowest BCUT2D eigenvalue weighted by Gasteiger charge is -2.15. The van der Waals surface area contributed by atoms with Gasteiger partial charge >= 0.3 is 0 Å². The fraction of sp³-hybridized carbons (Fsp3) is 0.158. The second-order valence-electron chi connectivity index (χ2n) is 6.14. The van der Waals surface area contributed by atoms with Gasteiger partial charge in [0.1, 0.15) is 0 Å². The van der Waals surface area contributed by atoms with Crippen molar-refractivity contribution in [3.05, 3.63) is 81.9 Å². The van der Waals surface area contributed by atoms with Gasteiger partial charge in [-0.15, -0.1) is 0 Å². The van der Waals surface area contributed by atoms with E-state index in [1.54, 1.807) is 19.1 Å². The molecule has 1 atom stereocenters. The van der Waals surface area contributed by atoms with Gasteiger partial charge in [0.15, 0.2) is 0 Å². The summed E-state index contributed by atoms with van der Waals surface area (Å²) in [7, 11) is -4.02. The molecule has 0 aromatic heterocycles. The lowest BCUT2D eigenvalue weighted by molar-refractivity contribution is -0.385. The lowest BCUT2D eigenvalue weighted by Crippen LogP contribution is -2.29. The van der Waals surface area contributed by atoms with E-state index in [0.29, 0.717) is 11.1 Å². The molecule has 0 radical (unpaired) electrons. The molecular weight excluding hydrogens is 368 g/mol. The maximum absolute atomic E-state index is 12.6. The van der Waals surface area contributed by atoms with Crippen LogP contribution in [0.15, 0.2) is 65.6 Å². The summed E-state index contributed by atoms with van der Waals surface area (Å²) in [5, 5.41) is 23.2. The van der Waals surface area contributed by atoms with Gasteiger partial charge in [0.2, 0.25) is 10.0 Å². The number of rotatable bonds is 6. The van der Waals surface area contributed by atoms with Crippen LogP contribution in [0.3, 0.4) is 0 Å². The van der Waals surface area contributed by atoms with Crippen LogP contribution in [0.5, 0.6) is 0 Å². The van der Waals surface area contributed by atoms with Crippen molar-refractivity contribution in [2.45, 2.75) is 17.9 Å². The van der Waals surface area contributed by atoms with Crippen molar-refractivity contribution in [1.29, 1.82) is 0 Å². The molecule has 3 aromatic carbocycles. The van der Waals surface area contributed by atoms with Crippen LogP contribution in [0.1, 0.15) is 17.2 Å². The molecule has 3 rings (SSSR count). The summed E-state index contributed by atoms with van der Waals surface area (Å²) in [5.74, 6) is 0. The molecule has 2 N–H and O–H groups in total. The van der Waals surface area contributed by atoms with Crippen LogP contribution < -0.4 is 4.72 Å². The monoisotopic (exact) mass is 386 g/mol. The molecule has 0 amide bonds. The van der Waals surface area contributed by atoms with Crippen LogP contribution in [-0.2, 0) is 10.0 Å². The Kier molecular flexibility index (Phi) is 5.22. The Balaban J connectivity index is 1.85. The van der Waals surface area contributed by atoms with E-state index in [0.717, 1.165) is 16.8 Å². The summed E-state index contributed by atoms with van der Waals surface area (Å²) < 4.78 is 27.5. The van der Waals surface area contributed by atoms with Crippen LogP contribution in [0.4, 0.5) is 5.69 Å². The van der Waals surface area contributed by atoms with Gasteiger partial charge in [0, 0.05) is 18.7 Å². The quantitative estimate of drug-likeness (QED) is 0.500. The highest BCUT2D eigenvalue weighted by molar-refractivity contribution is 7.89. The van der Waals surface area contributed by atoms with E-state index in [1.807, 2.05) is 30.3 Å². The van der Waals surface area contributed by atoms with Gasteiger partial charge in [-0.05, 0) is 28.8 Å². The molecule has 1 unspecified atom stereocenters. The maximum atomic E-state index is 12.6. The largest absolute Gasteiger partial charge is 0.387 e. The van der Waals surface area contributed by atoms with E-state index >= 15 is 0 Å². The zero-order valence-corrected chi connectivity index (χ0v) is 15.3. The predicted octanol–water partition coefficient (Wildman–Crippen LogP) is 3.07. The number of non-ortho nitro benzene ring substituents is 1. The first-order chi connectivity index (χ1) is 12.8. The topological polar surface area (TPSA) is 110 Å². The molecule has 27 heavy (non-hydrogen) atoms. The first-order valence-corrected chi connectivity index (χ1v) is 9.68. The Morgan fingerprint density at radius 1 is 1.11 bits per heavy atom. The van der Waals surface area contributed by atoms with Gasteiger partial charge < -0.3 is 5.11 Å². The minimum absolute atomic E-state index is 0.179. The average molecular weight is 386 g/mol. The zero-order valence-electron chi connectivity index (χ0n) is 14.5. The summed E-state index contributed by atoms with van der Waals surface area (Å²) >= 11 is 0. The fourth-order valence-corrected chi connectivity index (χ4v) is 4.21. The van der Waals surface area contributed by atoms with E-state index < -0.39 is 21.1 Å². The van der Waals surface area contributed by atoms with Crippen LogP contribution in [0.25, 0.3) is 10.8 Å². The smallest absolute Gasteiger partial charge is 0.270 e. The number of nitro groups is 1. The number of hydrogen-bond acceptors (Lipinski definition) is 5. The predicted molar refractivity (Wildman–Crippen MR) is 102 cm³/mol. The second-order valence-corrected chi connectivity index (χ2v) is 7.88. The average Bonchev–Trinajstić information content (AvgIpc) is 2.65. The standard InChI is InChI=1S/C19H18N2O5S/c1-13-9-10-15(21(23)24)11-19(13)27(25,26)20-12-18(22)17-8-4-6-14-5-2-3-7-16(14)17/h2-11,18,20,22H,12H2,1H3. The lowest BCUT2D eigenvalue weighted by atomic mass is 10.0. The third-order valence-corrected chi connectivity index (χ3v) is 5.89. The molecule has 7 nitrogen and oxygen atoms in total. The fourth-order valence-electron chi connectivity index (χ4n) is 2.91. The molecule has 0 saturated carbocycles. The number of aliphatic hydroxyl groups is 1. The molecule has 140 valence electrons. The van der Waals surface area contributed by atoms with E-state index in [-0.39, 0.29) is 17.1 Å². The normalized spacial score (nSPS) is 12.8. The number of aliphatic hydroxyl groups excluding tert-OH is 1. The molecule has 0 aliphatic heterocycles. The van der Waals surface area contributed by atoms with Gasteiger partial charge in [0.25, 0.3) is 5.69 Å². The van der Waals surface area contributed by atoms with Gasteiger partial charge in [-0.2, -0.15) is 0 Å². The summed E-state index contributed by atoms with van der Waals surface area (Å²) in [5.41, 5.74) is 0.676. The third-order valence-electron chi connectivity index (χ3n) is 4.32. The van der Waals surface area contributed by atoms with Crippen LogP contribution >= 0.6 is 0 Å². The summed E-state index contributed by atoms with van der Waals surface area (Å²) in [6, 6.07) is 16.6. The number of benzene rings is 3. The molecule has 0 bridgehead atoms. The zero-order chi connectivity index (χ0) is 19.6. The number of fused-ring (bicyclic) bond motifs is 1. The van der Waals surface area contributed by atoms with E-state index in [1.165, 1.54) is 12.1 Å². The number of hydrogen-bond donors (Lipinski definition) is 2. The van der Waals surface area contributed by atoms with Crippen molar-refractivity contribution in [3.63, 3.8) is 0 Å². The molecule has 8 heteroatoms. The van der Waals surface area contributed by atoms with Crippen LogP contribution in [0.2, 0.25) is 0 Å². The maximum Gasteiger partial charge on any atom is 0.270 e. The second kappa shape index (κ2) is 7.43. The Morgan fingerprint density at radius 2 is 1.81 bits per heavy atom. The van der Waals surface area contributed by atoms with E-state index in [2.05, 4.69) is 4.72 Å². The third kappa shape index (κ3) is 3.97. The molecule has 0 saturated heterocycles. The Hall–Kier alpha value is -2.81. The molecule has 0 heterocycles. The molecule has 0 aliphatic rings. The van der Waals surface area contributed by atoms with Crippen molar-refractivity contribution in [1.82, 2.24) is 4.72 Å². The summed E-state index contributed by atoms with van der Waals surface area (Å²) in [6.45, 7) is 1.30.